The molecule has 1 aromatic heterocycles. The fourth-order valence-corrected chi connectivity index (χ4v) is 3.53. The monoisotopic (exact) mass is 344 g/mol. The molecule has 1 fully saturated rings. The van der Waals surface area contributed by atoms with Gasteiger partial charge in [-0.25, -0.2) is 9.48 Å². The van der Waals surface area contributed by atoms with Crippen LogP contribution in [0.15, 0.2) is 35.1 Å². The van der Waals surface area contributed by atoms with Crippen LogP contribution in [0.4, 0.5) is 0 Å². The summed E-state index contributed by atoms with van der Waals surface area (Å²) in [4.78, 5) is 12.6. The van der Waals surface area contributed by atoms with Crippen molar-refractivity contribution in [1.82, 2.24) is 19.7 Å². The number of aliphatic hydroxyl groups excluding tert-OH is 1. The number of aryl methyl sites for hydroxylation is 1. The lowest BCUT2D eigenvalue weighted by atomic mass is 9.94. The summed E-state index contributed by atoms with van der Waals surface area (Å²) >= 11 is 0. The smallest absolute Gasteiger partial charge is 0.345 e. The van der Waals surface area contributed by atoms with Crippen LogP contribution in [0.5, 0.6) is 0 Å². The molecular formula is C19H28N4O2. The van der Waals surface area contributed by atoms with Gasteiger partial charge in [0.2, 0.25) is 0 Å². The van der Waals surface area contributed by atoms with Crippen LogP contribution in [-0.4, -0.2) is 32.5 Å². The van der Waals surface area contributed by atoms with E-state index in [1.807, 2.05) is 37.3 Å². The molecule has 1 aromatic carbocycles. The molecule has 1 aliphatic heterocycles. The first-order valence-electron chi connectivity index (χ1n) is 9.29. The molecule has 1 atom stereocenters. The molecule has 0 bridgehead atoms. The van der Waals surface area contributed by atoms with E-state index in [0.717, 1.165) is 43.7 Å². The Kier molecular flexibility index (Phi) is 6.04. The Morgan fingerprint density at radius 1 is 1.28 bits per heavy atom. The standard InChI is InChI=1S/C19H28N4O2/c1-2-22-18(14-15-8-11-20-12-9-15)21-23(19(22)25)13-10-17(24)16-6-4-3-5-7-16/h3-7,15,17,20,24H,2,8-14H2,1H3/t17-/m0/s1. The highest BCUT2D eigenvalue weighted by molar-refractivity contribution is 5.17. The lowest BCUT2D eigenvalue weighted by Gasteiger charge is -2.21. The lowest BCUT2D eigenvalue weighted by Crippen LogP contribution is -2.30. The number of aromatic nitrogens is 3. The Hall–Kier alpha value is -1.92. The highest BCUT2D eigenvalue weighted by atomic mass is 16.3. The summed E-state index contributed by atoms with van der Waals surface area (Å²) in [6.45, 7) is 5.15. The van der Waals surface area contributed by atoms with Crippen LogP contribution in [0.25, 0.3) is 0 Å². The first-order valence-corrected chi connectivity index (χ1v) is 9.29. The van der Waals surface area contributed by atoms with Crippen LogP contribution < -0.4 is 11.0 Å². The molecule has 0 saturated carbocycles. The third-order valence-electron chi connectivity index (χ3n) is 5.04. The molecule has 136 valence electrons. The topological polar surface area (TPSA) is 72.1 Å². The van der Waals surface area contributed by atoms with Gasteiger partial charge in [-0.3, -0.25) is 4.57 Å². The Bertz CT molecular complexity index is 717. The van der Waals surface area contributed by atoms with Crippen molar-refractivity contribution in [1.29, 1.82) is 0 Å². The summed E-state index contributed by atoms with van der Waals surface area (Å²) in [5.41, 5.74) is 0.812. The third-order valence-corrected chi connectivity index (χ3v) is 5.04. The Morgan fingerprint density at radius 3 is 2.68 bits per heavy atom. The van der Waals surface area contributed by atoms with Gasteiger partial charge < -0.3 is 10.4 Å². The van der Waals surface area contributed by atoms with Gasteiger partial charge in [0, 0.05) is 19.5 Å². The third kappa shape index (κ3) is 4.38. The molecule has 0 radical (unpaired) electrons. The van der Waals surface area contributed by atoms with Crippen molar-refractivity contribution in [2.45, 2.75) is 51.8 Å². The molecular weight excluding hydrogens is 316 g/mol. The van der Waals surface area contributed by atoms with E-state index in [2.05, 4.69) is 10.4 Å². The summed E-state index contributed by atoms with van der Waals surface area (Å²) in [7, 11) is 0. The zero-order chi connectivity index (χ0) is 17.6. The number of hydrogen-bond acceptors (Lipinski definition) is 4. The van der Waals surface area contributed by atoms with E-state index < -0.39 is 6.10 Å². The number of benzene rings is 1. The number of piperidine rings is 1. The number of aliphatic hydroxyl groups is 1. The minimum Gasteiger partial charge on any atom is -0.388 e. The van der Waals surface area contributed by atoms with Crippen LogP contribution >= 0.6 is 0 Å². The van der Waals surface area contributed by atoms with Crippen LogP contribution in [0.1, 0.15) is 43.7 Å². The van der Waals surface area contributed by atoms with E-state index in [1.54, 1.807) is 4.57 Å². The molecule has 6 heteroatoms. The summed E-state index contributed by atoms with van der Waals surface area (Å²) in [5.74, 6) is 1.48. The Labute approximate surface area is 148 Å². The van der Waals surface area contributed by atoms with Crippen LogP contribution in [-0.2, 0) is 19.5 Å². The van der Waals surface area contributed by atoms with E-state index in [4.69, 9.17) is 0 Å². The van der Waals surface area contributed by atoms with Crippen molar-refractivity contribution < 1.29 is 5.11 Å². The van der Waals surface area contributed by atoms with Crippen LogP contribution in [0, 0.1) is 5.92 Å². The fraction of sp³-hybridized carbons (Fsp3) is 0.579. The maximum absolute atomic E-state index is 12.6. The maximum Gasteiger partial charge on any atom is 0.345 e. The normalized spacial score (nSPS) is 16.9. The van der Waals surface area contributed by atoms with Gasteiger partial charge in [0.05, 0.1) is 6.10 Å². The van der Waals surface area contributed by atoms with Gasteiger partial charge in [-0.2, -0.15) is 5.10 Å². The number of nitrogens with one attached hydrogen (secondary N) is 1. The van der Waals surface area contributed by atoms with E-state index in [1.165, 1.54) is 4.68 Å². The van der Waals surface area contributed by atoms with Gasteiger partial charge in [0.25, 0.3) is 0 Å². The molecule has 3 rings (SSSR count). The van der Waals surface area contributed by atoms with Crippen LogP contribution in [0.3, 0.4) is 0 Å². The van der Waals surface area contributed by atoms with Crippen LogP contribution in [0.2, 0.25) is 0 Å². The maximum atomic E-state index is 12.6. The number of nitrogens with zero attached hydrogens (tertiary/aromatic N) is 3. The van der Waals surface area contributed by atoms with Crippen molar-refractivity contribution in [2.24, 2.45) is 5.92 Å². The fourth-order valence-electron chi connectivity index (χ4n) is 3.53. The van der Waals surface area contributed by atoms with Gasteiger partial charge in [0.1, 0.15) is 5.82 Å². The largest absolute Gasteiger partial charge is 0.388 e. The minimum absolute atomic E-state index is 0.0632. The van der Waals surface area contributed by atoms with Gasteiger partial charge in [0.15, 0.2) is 0 Å². The second-order valence-corrected chi connectivity index (χ2v) is 6.78. The van der Waals surface area contributed by atoms with Crippen molar-refractivity contribution in [3.63, 3.8) is 0 Å². The first kappa shape index (κ1) is 17.9. The van der Waals surface area contributed by atoms with Gasteiger partial charge in [-0.05, 0) is 50.8 Å². The van der Waals surface area contributed by atoms with E-state index in [9.17, 15) is 9.90 Å². The van der Waals surface area contributed by atoms with Gasteiger partial charge >= 0.3 is 5.69 Å². The molecule has 1 saturated heterocycles. The molecule has 1 aliphatic rings. The molecule has 0 aliphatic carbocycles. The van der Waals surface area contributed by atoms with Crippen molar-refractivity contribution in [3.05, 3.63) is 52.2 Å². The average molecular weight is 344 g/mol. The number of hydrogen-bond donors (Lipinski definition) is 2. The molecule has 25 heavy (non-hydrogen) atoms. The summed E-state index contributed by atoms with van der Waals surface area (Å²) in [6, 6.07) is 9.55. The molecule has 6 nitrogen and oxygen atoms in total. The highest BCUT2D eigenvalue weighted by Gasteiger charge is 2.19. The van der Waals surface area contributed by atoms with Gasteiger partial charge in [-0.15, -0.1) is 0 Å². The molecule has 0 unspecified atom stereocenters. The second kappa shape index (κ2) is 8.45. The van der Waals surface area contributed by atoms with E-state index >= 15 is 0 Å². The summed E-state index contributed by atoms with van der Waals surface area (Å²) in [5, 5.41) is 18.3. The Balaban J connectivity index is 1.68. The van der Waals surface area contributed by atoms with Crippen molar-refractivity contribution in [3.8, 4) is 0 Å². The predicted octanol–water partition coefficient (Wildman–Crippen LogP) is 1.73. The van der Waals surface area contributed by atoms with E-state index in [-0.39, 0.29) is 5.69 Å². The number of rotatable bonds is 7. The molecule has 0 amide bonds. The molecule has 2 aromatic rings. The summed E-state index contributed by atoms with van der Waals surface area (Å²) < 4.78 is 3.29. The second-order valence-electron chi connectivity index (χ2n) is 6.78. The zero-order valence-electron chi connectivity index (χ0n) is 14.9. The lowest BCUT2D eigenvalue weighted by molar-refractivity contribution is 0.158. The Morgan fingerprint density at radius 2 is 2.00 bits per heavy atom. The van der Waals surface area contributed by atoms with Crippen molar-refractivity contribution >= 4 is 0 Å². The van der Waals surface area contributed by atoms with Crippen molar-refractivity contribution in [2.75, 3.05) is 13.1 Å². The average Bonchev–Trinajstić information content (AvgIpc) is 2.95. The molecule has 2 N–H and O–H groups in total. The molecule has 0 spiro atoms. The SMILES string of the molecule is CCn1c(CC2CCNCC2)nn(CC[C@H](O)c2ccccc2)c1=O. The molecule has 2 heterocycles. The van der Waals surface area contributed by atoms with Gasteiger partial charge in [-0.1, -0.05) is 30.3 Å². The minimum atomic E-state index is -0.576. The predicted molar refractivity (Wildman–Crippen MR) is 97.5 cm³/mol. The zero-order valence-corrected chi connectivity index (χ0v) is 14.9. The quantitative estimate of drug-likeness (QED) is 0.802. The highest BCUT2D eigenvalue weighted by Crippen LogP contribution is 2.18. The summed E-state index contributed by atoms with van der Waals surface area (Å²) in [6.07, 6.45) is 3.04. The first-order chi connectivity index (χ1) is 12.2. The van der Waals surface area contributed by atoms with E-state index in [0.29, 0.717) is 25.4 Å².